The number of aromatic nitrogens is 2. The van der Waals surface area contributed by atoms with E-state index in [4.69, 9.17) is 4.74 Å². The minimum absolute atomic E-state index is 0.329. The van der Waals surface area contributed by atoms with Gasteiger partial charge in [0.05, 0.1) is 25.6 Å². The minimum atomic E-state index is -0.582. The fraction of sp³-hybridized carbons (Fsp3) is 0.217. The summed E-state index contributed by atoms with van der Waals surface area (Å²) in [5.41, 5.74) is 1.83. The van der Waals surface area contributed by atoms with E-state index in [9.17, 15) is 14.4 Å². The Morgan fingerprint density at radius 3 is 2.58 bits per heavy atom. The van der Waals surface area contributed by atoms with Crippen LogP contribution in [0.2, 0.25) is 0 Å². The van der Waals surface area contributed by atoms with Crippen LogP contribution in [-0.2, 0) is 16.1 Å². The third kappa shape index (κ3) is 5.79. The first kappa shape index (κ1) is 21.8. The highest BCUT2D eigenvalue weighted by atomic mass is 16.5. The van der Waals surface area contributed by atoms with Crippen molar-refractivity contribution in [3.8, 4) is 0 Å². The average molecular weight is 420 g/mol. The summed E-state index contributed by atoms with van der Waals surface area (Å²) in [4.78, 5) is 40.3. The van der Waals surface area contributed by atoms with Crippen molar-refractivity contribution < 1.29 is 14.3 Å². The van der Waals surface area contributed by atoms with Gasteiger partial charge in [-0.1, -0.05) is 42.5 Å². The monoisotopic (exact) mass is 420 g/mol. The number of ether oxygens (including phenoxy) is 1. The fourth-order valence-corrected chi connectivity index (χ4v) is 3.24. The van der Waals surface area contributed by atoms with Gasteiger partial charge in [-0.3, -0.25) is 9.36 Å². The highest BCUT2D eigenvalue weighted by Gasteiger charge is 2.27. The van der Waals surface area contributed by atoms with Crippen LogP contribution in [0.4, 0.5) is 10.5 Å². The average Bonchev–Trinajstić information content (AvgIpc) is 2.79. The Morgan fingerprint density at radius 2 is 1.87 bits per heavy atom. The summed E-state index contributed by atoms with van der Waals surface area (Å²) in [5, 5.41) is 5.65. The number of amides is 2. The Morgan fingerprint density at radius 1 is 1.10 bits per heavy atom. The Bertz CT molecular complexity index is 1100. The lowest BCUT2D eigenvalue weighted by Gasteiger charge is -2.24. The normalized spacial score (nSPS) is 12.5. The Hall–Kier alpha value is -3.94. The molecule has 2 amide bonds. The molecule has 0 saturated carbocycles. The van der Waals surface area contributed by atoms with Gasteiger partial charge in [0, 0.05) is 18.1 Å². The topological polar surface area (TPSA) is 102 Å². The Kier molecular flexibility index (Phi) is 7.16. The van der Waals surface area contributed by atoms with Gasteiger partial charge in [0.1, 0.15) is 0 Å². The van der Waals surface area contributed by atoms with Gasteiger partial charge in [0.2, 0.25) is 0 Å². The summed E-state index contributed by atoms with van der Waals surface area (Å²) in [5.74, 6) is -1.000. The summed E-state index contributed by atoms with van der Waals surface area (Å²) in [6.07, 6.45) is 3.10. The second kappa shape index (κ2) is 10.2. The number of hydrogen-bond acceptors (Lipinski definition) is 5. The van der Waals surface area contributed by atoms with Gasteiger partial charge in [0.15, 0.2) is 0 Å². The van der Waals surface area contributed by atoms with Crippen molar-refractivity contribution in [1.82, 2.24) is 14.9 Å². The van der Waals surface area contributed by atoms with Crippen molar-refractivity contribution in [2.45, 2.75) is 19.5 Å². The molecule has 1 heterocycles. The van der Waals surface area contributed by atoms with Gasteiger partial charge in [0.25, 0.3) is 0 Å². The molecule has 0 fully saturated rings. The molecule has 3 aromatic rings. The van der Waals surface area contributed by atoms with Crippen LogP contribution in [0.15, 0.2) is 77.9 Å². The maximum atomic E-state index is 12.7. The third-order valence-electron chi connectivity index (χ3n) is 4.84. The van der Waals surface area contributed by atoms with Crippen molar-refractivity contribution in [3.05, 3.63) is 94.7 Å². The molecule has 2 atom stereocenters. The van der Waals surface area contributed by atoms with E-state index in [1.54, 1.807) is 37.4 Å². The number of carbonyl (C=O) groups excluding carboxylic acids is 2. The maximum Gasteiger partial charge on any atom is 0.347 e. The van der Waals surface area contributed by atoms with E-state index in [-0.39, 0.29) is 5.69 Å². The number of benzene rings is 2. The number of anilines is 1. The van der Waals surface area contributed by atoms with E-state index in [0.29, 0.717) is 12.2 Å². The van der Waals surface area contributed by atoms with Crippen LogP contribution in [0.3, 0.4) is 0 Å². The van der Waals surface area contributed by atoms with Crippen LogP contribution in [-0.4, -0.2) is 28.7 Å². The zero-order valence-electron chi connectivity index (χ0n) is 17.3. The lowest BCUT2D eigenvalue weighted by Crippen LogP contribution is -2.38. The molecule has 0 bridgehead atoms. The Labute approximate surface area is 179 Å². The molecule has 0 aliphatic carbocycles. The quantitative estimate of drug-likeness (QED) is 0.572. The van der Waals surface area contributed by atoms with Gasteiger partial charge in [-0.25, -0.2) is 14.6 Å². The molecule has 0 aliphatic heterocycles. The first-order valence-electron chi connectivity index (χ1n) is 9.78. The van der Waals surface area contributed by atoms with E-state index in [1.807, 2.05) is 36.4 Å². The predicted octanol–water partition coefficient (Wildman–Crippen LogP) is 2.96. The smallest absolute Gasteiger partial charge is 0.347 e. The number of rotatable bonds is 7. The summed E-state index contributed by atoms with van der Waals surface area (Å²) in [6.45, 7) is 2.03. The van der Waals surface area contributed by atoms with E-state index in [0.717, 1.165) is 11.1 Å². The summed E-state index contributed by atoms with van der Waals surface area (Å²) in [6, 6.07) is 17.1. The number of methoxy groups -OCH3 is 1. The molecule has 0 unspecified atom stereocenters. The lowest BCUT2D eigenvalue weighted by molar-refractivity contribution is -0.145. The molecule has 3 rings (SSSR count). The number of urea groups is 1. The van der Waals surface area contributed by atoms with Crippen LogP contribution < -0.4 is 16.3 Å². The van der Waals surface area contributed by atoms with Gasteiger partial charge in [-0.2, -0.15) is 0 Å². The van der Waals surface area contributed by atoms with Crippen LogP contribution in [0.25, 0.3) is 0 Å². The molecule has 2 N–H and O–H groups in total. The minimum Gasteiger partial charge on any atom is -0.469 e. The summed E-state index contributed by atoms with van der Waals surface area (Å²) in [7, 11) is 1.32. The summed E-state index contributed by atoms with van der Waals surface area (Å²) < 4.78 is 6.33. The first-order chi connectivity index (χ1) is 15.0. The van der Waals surface area contributed by atoms with Crippen molar-refractivity contribution in [3.63, 3.8) is 0 Å². The number of hydrogen-bond donors (Lipinski definition) is 2. The van der Waals surface area contributed by atoms with Crippen molar-refractivity contribution in [1.29, 1.82) is 0 Å². The van der Waals surface area contributed by atoms with E-state index in [1.165, 1.54) is 17.9 Å². The van der Waals surface area contributed by atoms with Gasteiger partial charge < -0.3 is 15.4 Å². The molecule has 8 nitrogen and oxygen atoms in total. The van der Waals surface area contributed by atoms with Crippen LogP contribution in [0, 0.1) is 5.92 Å². The zero-order chi connectivity index (χ0) is 22.2. The van der Waals surface area contributed by atoms with Gasteiger partial charge in [-0.15, -0.1) is 0 Å². The van der Waals surface area contributed by atoms with Crippen molar-refractivity contribution in [2.75, 3.05) is 12.4 Å². The van der Waals surface area contributed by atoms with Gasteiger partial charge >= 0.3 is 17.7 Å². The standard InChI is InChI=1S/C23H24N4O4/c1-16(21(28)31-2)20(18-9-4-3-5-10-18)26-22(29)25-19-11-6-8-17(14-19)15-27-13-7-12-24-23(27)30/h3-14,16,20H,15H2,1-2H3,(H2,25,26,29)/t16-,20-/m1/s1. The molecule has 31 heavy (non-hydrogen) atoms. The molecule has 0 spiro atoms. The van der Waals surface area contributed by atoms with Crippen LogP contribution >= 0.6 is 0 Å². The molecule has 160 valence electrons. The van der Waals surface area contributed by atoms with Gasteiger partial charge in [-0.05, 0) is 36.2 Å². The largest absolute Gasteiger partial charge is 0.469 e. The third-order valence-corrected chi connectivity index (χ3v) is 4.84. The second-order valence-corrected chi connectivity index (χ2v) is 7.03. The molecule has 0 radical (unpaired) electrons. The SMILES string of the molecule is COC(=O)[C@H](C)[C@@H](NC(=O)Nc1cccc(Cn2cccnc2=O)c1)c1ccccc1. The molecule has 0 aliphatic rings. The maximum absolute atomic E-state index is 12.7. The molecule has 8 heteroatoms. The van der Waals surface area contributed by atoms with Crippen LogP contribution in [0.5, 0.6) is 0 Å². The first-order valence-corrected chi connectivity index (χ1v) is 9.78. The van der Waals surface area contributed by atoms with E-state index in [2.05, 4.69) is 15.6 Å². The fourth-order valence-electron chi connectivity index (χ4n) is 3.24. The van der Waals surface area contributed by atoms with Crippen LogP contribution in [0.1, 0.15) is 24.1 Å². The summed E-state index contributed by atoms with van der Waals surface area (Å²) >= 11 is 0. The molecular formula is C23H24N4O4. The number of nitrogens with one attached hydrogen (secondary N) is 2. The Balaban J connectivity index is 1.73. The second-order valence-electron chi connectivity index (χ2n) is 7.03. The van der Waals surface area contributed by atoms with Crippen molar-refractivity contribution >= 4 is 17.7 Å². The molecule has 0 saturated heterocycles. The lowest BCUT2D eigenvalue weighted by atomic mass is 9.94. The highest BCUT2D eigenvalue weighted by Crippen LogP contribution is 2.23. The predicted molar refractivity (Wildman–Crippen MR) is 117 cm³/mol. The molecule has 2 aromatic carbocycles. The highest BCUT2D eigenvalue weighted by molar-refractivity contribution is 5.90. The van der Waals surface area contributed by atoms with Crippen molar-refractivity contribution in [2.24, 2.45) is 5.92 Å². The molecule has 1 aromatic heterocycles. The number of nitrogens with zero attached hydrogens (tertiary/aromatic N) is 2. The zero-order valence-corrected chi connectivity index (χ0v) is 17.3. The number of esters is 1. The number of carbonyl (C=O) groups is 2. The van der Waals surface area contributed by atoms with E-state index >= 15 is 0 Å². The van der Waals surface area contributed by atoms with E-state index < -0.39 is 24.0 Å². The molecular weight excluding hydrogens is 396 g/mol.